The maximum atomic E-state index is 12.4. The van der Waals surface area contributed by atoms with Crippen molar-refractivity contribution >= 4 is 33.0 Å². The number of aromatic nitrogens is 1. The molecule has 1 amide bonds. The highest BCUT2D eigenvalue weighted by atomic mass is 32.1. The number of nitrogens with two attached hydrogens (primary N) is 1. The second-order valence-electron chi connectivity index (χ2n) is 5.09. The van der Waals surface area contributed by atoms with E-state index in [4.69, 9.17) is 10.5 Å². The zero-order chi connectivity index (χ0) is 14.1. The van der Waals surface area contributed by atoms with E-state index in [0.29, 0.717) is 17.2 Å². The third-order valence-corrected chi connectivity index (χ3v) is 4.71. The smallest absolute Gasteiger partial charge is 0.263 e. The van der Waals surface area contributed by atoms with Gasteiger partial charge in [-0.05, 0) is 25.8 Å². The Morgan fingerprint density at radius 1 is 1.60 bits per heavy atom. The molecule has 1 saturated heterocycles. The summed E-state index contributed by atoms with van der Waals surface area (Å²) >= 11 is 1.39. The Morgan fingerprint density at radius 3 is 3.20 bits per heavy atom. The Morgan fingerprint density at radius 2 is 2.45 bits per heavy atom. The molecule has 0 bridgehead atoms. The zero-order valence-corrected chi connectivity index (χ0v) is 12.1. The van der Waals surface area contributed by atoms with Crippen molar-refractivity contribution in [1.82, 2.24) is 10.3 Å². The molecule has 3 rings (SSSR count). The molecule has 3 heterocycles. The summed E-state index contributed by atoms with van der Waals surface area (Å²) in [6.45, 7) is 2.72. The summed E-state index contributed by atoms with van der Waals surface area (Å²) < 4.78 is 6.43. The van der Waals surface area contributed by atoms with Gasteiger partial charge in [-0.1, -0.05) is 0 Å². The first kappa shape index (κ1) is 13.3. The minimum absolute atomic E-state index is 0.0946. The van der Waals surface area contributed by atoms with Gasteiger partial charge < -0.3 is 15.8 Å². The fourth-order valence-electron chi connectivity index (χ4n) is 2.52. The lowest BCUT2D eigenvalue weighted by molar-refractivity contribution is 0.0137. The summed E-state index contributed by atoms with van der Waals surface area (Å²) in [4.78, 5) is 17.0. The molecule has 2 aromatic rings. The lowest BCUT2D eigenvalue weighted by atomic mass is 10.0. The largest absolute Gasteiger partial charge is 0.397 e. The van der Waals surface area contributed by atoms with Gasteiger partial charge in [-0.2, -0.15) is 0 Å². The average molecular weight is 291 g/mol. The number of hydrogen-bond acceptors (Lipinski definition) is 5. The average Bonchev–Trinajstić information content (AvgIpc) is 2.77. The fourth-order valence-corrected chi connectivity index (χ4v) is 3.51. The van der Waals surface area contributed by atoms with Gasteiger partial charge in [-0.15, -0.1) is 11.3 Å². The maximum absolute atomic E-state index is 12.4. The molecule has 0 spiro atoms. The van der Waals surface area contributed by atoms with E-state index in [2.05, 4.69) is 10.3 Å². The van der Waals surface area contributed by atoms with Crippen LogP contribution in [0, 0.1) is 0 Å². The van der Waals surface area contributed by atoms with Crippen LogP contribution in [-0.2, 0) is 4.74 Å². The van der Waals surface area contributed by atoms with Crippen LogP contribution >= 0.6 is 11.3 Å². The summed E-state index contributed by atoms with van der Waals surface area (Å²) in [7, 11) is 0. The molecule has 2 unspecified atom stereocenters. The molecule has 5 nitrogen and oxygen atoms in total. The molecule has 0 saturated carbocycles. The zero-order valence-electron chi connectivity index (χ0n) is 11.3. The summed E-state index contributed by atoms with van der Waals surface area (Å²) in [5, 5.41) is 3.96. The van der Waals surface area contributed by atoms with Gasteiger partial charge in [-0.25, -0.2) is 0 Å². The first-order chi connectivity index (χ1) is 9.65. The van der Waals surface area contributed by atoms with Gasteiger partial charge in [-0.3, -0.25) is 9.78 Å². The fraction of sp³-hybridized carbons (Fsp3) is 0.429. The lowest BCUT2D eigenvalue weighted by Gasteiger charge is -2.27. The summed E-state index contributed by atoms with van der Waals surface area (Å²) in [6, 6.07) is 2.00. The second kappa shape index (κ2) is 5.38. The standard InChI is InChI=1S/C14H17N3O2S/c1-8-6-9(3-5-19-8)17-14(18)13-12(15)10-2-4-16-7-11(10)20-13/h2,4,7-9H,3,5-6,15H2,1H3,(H,17,18). The van der Waals surface area contributed by atoms with Crippen molar-refractivity contribution in [2.45, 2.75) is 31.9 Å². The number of carbonyl (C=O) groups excluding carboxylic acids is 1. The van der Waals surface area contributed by atoms with Gasteiger partial charge in [0.25, 0.3) is 5.91 Å². The van der Waals surface area contributed by atoms with Crippen LogP contribution in [-0.4, -0.2) is 29.6 Å². The van der Waals surface area contributed by atoms with Crippen LogP contribution in [0.5, 0.6) is 0 Å². The van der Waals surface area contributed by atoms with E-state index in [1.165, 1.54) is 11.3 Å². The van der Waals surface area contributed by atoms with Gasteiger partial charge in [0.05, 0.1) is 16.5 Å². The number of rotatable bonds is 2. The monoisotopic (exact) mass is 291 g/mol. The Hall–Kier alpha value is -1.66. The van der Waals surface area contributed by atoms with Gasteiger partial charge in [0.15, 0.2) is 0 Å². The number of nitrogens with one attached hydrogen (secondary N) is 1. The van der Waals surface area contributed by atoms with Crippen molar-refractivity contribution in [2.75, 3.05) is 12.3 Å². The normalized spacial score (nSPS) is 22.9. The number of carbonyl (C=O) groups is 1. The quantitative estimate of drug-likeness (QED) is 0.889. The van der Waals surface area contributed by atoms with E-state index >= 15 is 0 Å². The van der Waals surface area contributed by atoms with E-state index in [1.807, 2.05) is 13.0 Å². The number of hydrogen-bond donors (Lipinski definition) is 2. The molecule has 3 N–H and O–H groups in total. The minimum Gasteiger partial charge on any atom is -0.397 e. The number of nitrogen functional groups attached to an aromatic ring is 1. The topological polar surface area (TPSA) is 77.2 Å². The molecule has 0 radical (unpaired) electrons. The van der Waals surface area contributed by atoms with Crippen molar-refractivity contribution in [3.05, 3.63) is 23.3 Å². The second-order valence-corrected chi connectivity index (χ2v) is 6.15. The van der Waals surface area contributed by atoms with E-state index in [9.17, 15) is 4.79 Å². The molecule has 2 atom stereocenters. The van der Waals surface area contributed by atoms with Crippen LogP contribution in [0.1, 0.15) is 29.4 Å². The number of thiophene rings is 1. The Kier molecular flexibility index (Phi) is 3.58. The predicted octanol–water partition coefficient (Wildman–Crippen LogP) is 2.18. The van der Waals surface area contributed by atoms with Crippen molar-refractivity contribution in [3.63, 3.8) is 0 Å². The van der Waals surface area contributed by atoms with Crippen LogP contribution in [0.4, 0.5) is 5.69 Å². The molecule has 1 aliphatic rings. The Balaban J connectivity index is 1.80. The molecule has 2 aromatic heterocycles. The van der Waals surface area contributed by atoms with Crippen molar-refractivity contribution < 1.29 is 9.53 Å². The Bertz CT molecular complexity index is 640. The van der Waals surface area contributed by atoms with Crippen LogP contribution in [0.2, 0.25) is 0 Å². The highest BCUT2D eigenvalue weighted by Crippen LogP contribution is 2.32. The van der Waals surface area contributed by atoms with Crippen LogP contribution in [0.25, 0.3) is 10.1 Å². The first-order valence-electron chi connectivity index (χ1n) is 6.69. The number of pyridine rings is 1. The van der Waals surface area contributed by atoms with Gasteiger partial charge in [0.2, 0.25) is 0 Å². The highest BCUT2D eigenvalue weighted by molar-refractivity contribution is 7.21. The maximum Gasteiger partial charge on any atom is 0.263 e. The van der Waals surface area contributed by atoms with Crippen molar-refractivity contribution in [2.24, 2.45) is 0 Å². The van der Waals surface area contributed by atoms with E-state index in [1.54, 1.807) is 12.4 Å². The minimum atomic E-state index is -0.0946. The molecule has 1 fully saturated rings. The number of anilines is 1. The molecular formula is C14H17N3O2S. The summed E-state index contributed by atoms with van der Waals surface area (Å²) in [5.41, 5.74) is 6.62. The first-order valence-corrected chi connectivity index (χ1v) is 7.51. The van der Waals surface area contributed by atoms with Crippen molar-refractivity contribution in [1.29, 1.82) is 0 Å². The molecule has 1 aliphatic heterocycles. The SMILES string of the molecule is CC1CC(NC(=O)c2sc3cnccc3c2N)CCO1. The van der Waals surface area contributed by atoms with E-state index < -0.39 is 0 Å². The number of fused-ring (bicyclic) bond motifs is 1. The lowest BCUT2D eigenvalue weighted by Crippen LogP contribution is -2.41. The number of nitrogens with zero attached hydrogens (tertiary/aromatic N) is 1. The summed E-state index contributed by atoms with van der Waals surface area (Å²) in [5.74, 6) is -0.0946. The van der Waals surface area contributed by atoms with Gasteiger partial charge in [0.1, 0.15) is 4.88 Å². The third-order valence-electron chi connectivity index (χ3n) is 3.56. The third kappa shape index (κ3) is 2.48. The predicted molar refractivity (Wildman–Crippen MR) is 79.9 cm³/mol. The molecule has 0 aromatic carbocycles. The summed E-state index contributed by atoms with van der Waals surface area (Å²) in [6.07, 6.45) is 5.32. The van der Waals surface area contributed by atoms with Crippen LogP contribution in [0.15, 0.2) is 18.5 Å². The van der Waals surface area contributed by atoms with Crippen molar-refractivity contribution in [3.8, 4) is 0 Å². The molecular weight excluding hydrogens is 274 g/mol. The van der Waals surface area contributed by atoms with Gasteiger partial charge >= 0.3 is 0 Å². The Labute approximate surface area is 121 Å². The molecule has 6 heteroatoms. The number of ether oxygens (including phenoxy) is 1. The molecule has 106 valence electrons. The number of amides is 1. The molecule has 0 aliphatic carbocycles. The van der Waals surface area contributed by atoms with Gasteiger partial charge in [0, 0.05) is 30.4 Å². The highest BCUT2D eigenvalue weighted by Gasteiger charge is 2.23. The van der Waals surface area contributed by atoms with Crippen LogP contribution in [0.3, 0.4) is 0 Å². The molecule has 20 heavy (non-hydrogen) atoms. The van der Waals surface area contributed by atoms with E-state index in [0.717, 1.165) is 22.9 Å². The van der Waals surface area contributed by atoms with E-state index in [-0.39, 0.29) is 18.1 Å². The van der Waals surface area contributed by atoms with Crippen LogP contribution < -0.4 is 11.1 Å².